The van der Waals surface area contributed by atoms with E-state index in [1.165, 1.54) is 16.8 Å². The normalized spacial score (nSPS) is 13.2. The van der Waals surface area contributed by atoms with Crippen molar-refractivity contribution in [3.05, 3.63) is 91.6 Å². The first kappa shape index (κ1) is 21.9. The molecule has 0 unspecified atom stereocenters. The number of aliphatic hydroxyl groups is 1. The summed E-state index contributed by atoms with van der Waals surface area (Å²) >= 11 is 1.62. The second kappa shape index (κ2) is 9.46. The van der Waals surface area contributed by atoms with Gasteiger partial charge in [-0.1, -0.05) is 29.5 Å². The van der Waals surface area contributed by atoms with Gasteiger partial charge in [0.1, 0.15) is 5.60 Å². The van der Waals surface area contributed by atoms with Crippen LogP contribution in [0, 0.1) is 0 Å². The van der Waals surface area contributed by atoms with Crippen molar-refractivity contribution >= 4 is 11.3 Å². The predicted octanol–water partition coefficient (Wildman–Crippen LogP) is 2.79. The van der Waals surface area contributed by atoms with Crippen molar-refractivity contribution in [1.29, 1.82) is 0 Å². The van der Waals surface area contributed by atoms with Gasteiger partial charge in [-0.25, -0.2) is 9.48 Å². The first-order chi connectivity index (χ1) is 15.4. The topological polar surface area (TPSA) is 106 Å². The zero-order valence-corrected chi connectivity index (χ0v) is 18.6. The minimum atomic E-state index is -1.13. The van der Waals surface area contributed by atoms with Crippen molar-refractivity contribution in [2.24, 2.45) is 0 Å². The van der Waals surface area contributed by atoms with E-state index in [4.69, 9.17) is 0 Å². The number of nitrogens with one attached hydrogen (secondary N) is 1. The molecule has 0 aliphatic heterocycles. The highest BCUT2D eigenvalue weighted by molar-refractivity contribution is 7.08. The summed E-state index contributed by atoms with van der Waals surface area (Å²) in [5.41, 5.74) is 1.93. The highest BCUT2D eigenvalue weighted by Gasteiger charge is 2.28. The summed E-state index contributed by atoms with van der Waals surface area (Å²) in [4.78, 5) is 25.2. The number of benzene rings is 1. The Bertz CT molecular complexity index is 1290. The maximum Gasteiger partial charge on any atom is 0.328 e. The molecular formula is C23H25N5O3S. The summed E-state index contributed by atoms with van der Waals surface area (Å²) < 4.78 is 3.24. The summed E-state index contributed by atoms with van der Waals surface area (Å²) in [6.45, 7) is 2.60. The Kier molecular flexibility index (Phi) is 6.48. The van der Waals surface area contributed by atoms with Crippen LogP contribution in [0.2, 0.25) is 0 Å². The van der Waals surface area contributed by atoms with Crippen molar-refractivity contribution in [2.45, 2.75) is 44.9 Å². The van der Waals surface area contributed by atoms with E-state index in [2.05, 4.69) is 20.7 Å². The maximum atomic E-state index is 11.8. The molecule has 0 bridgehead atoms. The quantitative estimate of drug-likeness (QED) is 0.381. The summed E-state index contributed by atoms with van der Waals surface area (Å²) in [6.07, 6.45) is 5.51. The minimum absolute atomic E-state index is 0.281. The fourth-order valence-corrected chi connectivity index (χ4v) is 4.47. The third-order valence-corrected chi connectivity index (χ3v) is 6.16. The highest BCUT2D eigenvalue weighted by Crippen LogP contribution is 2.34. The number of hydrogen-bond donors (Lipinski definition) is 2. The van der Waals surface area contributed by atoms with Gasteiger partial charge < -0.3 is 9.67 Å². The Labute approximate surface area is 188 Å². The van der Waals surface area contributed by atoms with Gasteiger partial charge >= 0.3 is 5.69 Å². The summed E-state index contributed by atoms with van der Waals surface area (Å²) in [5.74, 6) is 0. The largest absolute Gasteiger partial charge is 0.383 e. The molecule has 4 rings (SSSR count). The van der Waals surface area contributed by atoms with E-state index in [-0.39, 0.29) is 6.54 Å². The third-order valence-electron chi connectivity index (χ3n) is 5.47. The lowest BCUT2D eigenvalue weighted by molar-refractivity contribution is 0.0337. The highest BCUT2D eigenvalue weighted by atomic mass is 32.1. The van der Waals surface area contributed by atoms with Crippen LogP contribution in [0.4, 0.5) is 0 Å². The number of hydrogen-bond acceptors (Lipinski definition) is 6. The second-order valence-electron chi connectivity index (χ2n) is 7.98. The fraction of sp³-hybridized carbons (Fsp3) is 0.304. The number of unbranched alkanes of at least 4 members (excludes halogenated alkanes) is 1. The maximum absolute atomic E-state index is 11.8. The molecule has 0 amide bonds. The van der Waals surface area contributed by atoms with Crippen LogP contribution in [-0.2, 0) is 25.1 Å². The zero-order chi connectivity index (χ0) is 22.6. The molecule has 0 aliphatic carbocycles. The van der Waals surface area contributed by atoms with Gasteiger partial charge in [0.05, 0.1) is 18.4 Å². The van der Waals surface area contributed by atoms with Crippen molar-refractivity contribution < 1.29 is 5.11 Å². The number of aryl methyl sites for hydroxylation is 2. The molecular weight excluding hydrogens is 426 g/mol. The van der Waals surface area contributed by atoms with Gasteiger partial charge in [-0.05, 0) is 59.7 Å². The van der Waals surface area contributed by atoms with Crippen molar-refractivity contribution in [3.8, 4) is 11.1 Å². The molecule has 0 saturated carbocycles. The van der Waals surface area contributed by atoms with Gasteiger partial charge in [0.25, 0.3) is 5.56 Å². The number of aromatic nitrogens is 5. The molecule has 0 spiro atoms. The van der Waals surface area contributed by atoms with E-state index in [1.807, 2.05) is 35.7 Å². The van der Waals surface area contributed by atoms with Crippen LogP contribution < -0.4 is 11.2 Å². The van der Waals surface area contributed by atoms with Crippen LogP contribution >= 0.6 is 11.3 Å². The van der Waals surface area contributed by atoms with Crippen LogP contribution in [0.5, 0.6) is 0 Å². The molecule has 9 heteroatoms. The molecule has 166 valence electrons. The smallest absolute Gasteiger partial charge is 0.328 e. The Morgan fingerprint density at radius 2 is 2.00 bits per heavy atom. The van der Waals surface area contributed by atoms with Gasteiger partial charge in [0, 0.05) is 18.8 Å². The molecule has 8 nitrogen and oxygen atoms in total. The van der Waals surface area contributed by atoms with Crippen molar-refractivity contribution in [3.63, 3.8) is 0 Å². The average molecular weight is 452 g/mol. The second-order valence-corrected chi connectivity index (χ2v) is 8.76. The Morgan fingerprint density at radius 3 is 2.78 bits per heavy atom. The first-order valence-corrected chi connectivity index (χ1v) is 11.4. The zero-order valence-electron chi connectivity index (χ0n) is 17.8. The molecule has 0 fully saturated rings. The van der Waals surface area contributed by atoms with Crippen LogP contribution in [0.15, 0.2) is 69.1 Å². The Morgan fingerprint density at radius 1 is 1.16 bits per heavy atom. The van der Waals surface area contributed by atoms with E-state index in [0.29, 0.717) is 13.0 Å². The van der Waals surface area contributed by atoms with Crippen LogP contribution in [0.3, 0.4) is 0 Å². The Balaban J connectivity index is 1.43. The van der Waals surface area contributed by atoms with E-state index < -0.39 is 16.9 Å². The molecule has 2 N–H and O–H groups in total. The van der Waals surface area contributed by atoms with Gasteiger partial charge in [0.2, 0.25) is 0 Å². The molecule has 1 atom stereocenters. The third kappa shape index (κ3) is 4.95. The van der Waals surface area contributed by atoms with Gasteiger partial charge in [-0.2, -0.15) is 11.3 Å². The fourth-order valence-electron chi connectivity index (χ4n) is 3.81. The molecule has 3 heterocycles. The van der Waals surface area contributed by atoms with Crippen LogP contribution in [0.25, 0.3) is 11.1 Å². The van der Waals surface area contributed by atoms with Gasteiger partial charge in [-0.15, -0.1) is 5.10 Å². The predicted molar refractivity (Wildman–Crippen MR) is 124 cm³/mol. The van der Waals surface area contributed by atoms with Crippen molar-refractivity contribution in [2.75, 3.05) is 0 Å². The molecule has 3 aromatic heterocycles. The average Bonchev–Trinajstić information content (AvgIpc) is 3.45. The number of rotatable bonds is 9. The van der Waals surface area contributed by atoms with Crippen LogP contribution in [-0.4, -0.2) is 29.7 Å². The number of aromatic amines is 1. The van der Waals surface area contributed by atoms with Gasteiger partial charge in [0.15, 0.2) is 0 Å². The van der Waals surface area contributed by atoms with Gasteiger partial charge in [-0.3, -0.25) is 9.78 Å². The summed E-state index contributed by atoms with van der Waals surface area (Å²) in [6, 6.07) is 11.3. The Hall–Kier alpha value is -3.30. The number of H-pyrrole nitrogens is 1. The summed E-state index contributed by atoms with van der Waals surface area (Å²) in [5, 5.41) is 23.7. The lowest BCUT2D eigenvalue weighted by atomic mass is 9.89. The molecule has 4 aromatic rings. The van der Waals surface area contributed by atoms with E-state index in [1.54, 1.807) is 29.1 Å². The number of nitrogens with zero attached hydrogens (tertiary/aromatic N) is 4. The standard InChI is InChI=1S/C23H25N5O3S/c1-23(31,20-8-3-2-7-19(20)17-10-13-32-15-17)16-28-18(14-24-26-28)6-4-5-11-27-12-9-21(29)25-22(27)30/h2-3,7-10,12-15,31H,4-6,11,16H2,1H3,(H,25,29,30)/t23-/m1/s1. The minimum Gasteiger partial charge on any atom is -0.383 e. The van der Waals surface area contributed by atoms with Crippen molar-refractivity contribution in [1.82, 2.24) is 24.5 Å². The molecule has 1 aromatic carbocycles. The molecule has 0 radical (unpaired) electrons. The lowest BCUT2D eigenvalue weighted by Gasteiger charge is -2.27. The monoisotopic (exact) mass is 451 g/mol. The SMILES string of the molecule is C[C@@](O)(Cn1nncc1CCCCn1ccc(=O)[nH]c1=O)c1ccccc1-c1ccsc1. The van der Waals surface area contributed by atoms with E-state index >= 15 is 0 Å². The number of thiophene rings is 1. The van der Waals surface area contributed by atoms with E-state index in [9.17, 15) is 14.7 Å². The molecule has 0 aliphatic rings. The molecule has 32 heavy (non-hydrogen) atoms. The molecule has 0 saturated heterocycles. The van der Waals surface area contributed by atoms with Crippen LogP contribution in [0.1, 0.15) is 31.0 Å². The first-order valence-electron chi connectivity index (χ1n) is 10.5. The van der Waals surface area contributed by atoms with E-state index in [0.717, 1.165) is 35.2 Å². The summed E-state index contributed by atoms with van der Waals surface area (Å²) in [7, 11) is 0. The lowest BCUT2D eigenvalue weighted by Crippen LogP contribution is -2.30.